The largest absolute Gasteiger partial charge is 0.358 e. The summed E-state index contributed by atoms with van der Waals surface area (Å²) < 4.78 is 1.89. The maximum Gasteiger partial charge on any atom is 0.239 e. The first-order valence-corrected chi connectivity index (χ1v) is 14.5. The molecule has 3 amide bonds. The molecule has 2 fully saturated rings. The van der Waals surface area contributed by atoms with Gasteiger partial charge in [0, 0.05) is 44.9 Å². The van der Waals surface area contributed by atoms with Crippen molar-refractivity contribution < 1.29 is 14.4 Å². The Balaban J connectivity index is 0.000000339. The van der Waals surface area contributed by atoms with Gasteiger partial charge in [-0.1, -0.05) is 0 Å². The molecule has 0 unspecified atom stereocenters. The summed E-state index contributed by atoms with van der Waals surface area (Å²) in [4.78, 5) is 63.0. The highest BCUT2D eigenvalue weighted by Crippen LogP contribution is 2.41. The molecule has 2 aliphatic carbocycles. The molecule has 0 aliphatic heterocycles. The molecule has 0 spiro atoms. The average molecular weight is 602 g/mol. The van der Waals surface area contributed by atoms with E-state index in [4.69, 9.17) is 4.98 Å². The van der Waals surface area contributed by atoms with E-state index in [1.54, 1.807) is 18.0 Å². The van der Waals surface area contributed by atoms with Crippen LogP contribution in [0.15, 0.2) is 40.7 Å². The van der Waals surface area contributed by atoms with Crippen molar-refractivity contribution in [2.24, 2.45) is 15.9 Å². The number of allylic oxidation sites excluding steroid dienone is 1. The van der Waals surface area contributed by atoms with E-state index in [1.807, 2.05) is 42.9 Å². The van der Waals surface area contributed by atoms with E-state index in [0.29, 0.717) is 48.4 Å². The highest BCUT2D eigenvalue weighted by Gasteiger charge is 2.27. The molecule has 0 bridgehead atoms. The monoisotopic (exact) mass is 601 g/mol. The molecule has 2 aliphatic rings. The first-order chi connectivity index (χ1) is 21.2. The number of carbonyl (C=O) groups is 3. The molecule has 0 aromatic carbocycles. The molecule has 3 aromatic heterocycles. The maximum atomic E-state index is 11.9. The Hall–Kier alpha value is -5.01. The Kier molecular flexibility index (Phi) is 10.8. The van der Waals surface area contributed by atoms with Crippen molar-refractivity contribution in [2.75, 3.05) is 42.3 Å². The van der Waals surface area contributed by atoms with Gasteiger partial charge in [-0.2, -0.15) is 15.0 Å². The van der Waals surface area contributed by atoms with Crippen LogP contribution in [0.3, 0.4) is 0 Å². The molecular weight excluding hydrogens is 562 g/mol. The van der Waals surface area contributed by atoms with Crippen molar-refractivity contribution in [1.82, 2.24) is 29.7 Å². The summed E-state index contributed by atoms with van der Waals surface area (Å²) in [5.41, 5.74) is 4.04. The van der Waals surface area contributed by atoms with Crippen LogP contribution in [0.2, 0.25) is 0 Å². The first kappa shape index (κ1) is 31.9. The Morgan fingerprint density at radius 1 is 1.16 bits per heavy atom. The number of hydrogen-bond donors (Lipinski definition) is 2. The Morgan fingerprint density at radius 2 is 1.93 bits per heavy atom. The summed E-state index contributed by atoms with van der Waals surface area (Å²) in [7, 11) is 3.34. The molecule has 44 heavy (non-hydrogen) atoms. The average Bonchev–Trinajstić information content (AvgIpc) is 3.95. The molecule has 14 heteroatoms. The smallest absolute Gasteiger partial charge is 0.239 e. The fourth-order valence-electron chi connectivity index (χ4n) is 4.35. The van der Waals surface area contributed by atoms with E-state index >= 15 is 0 Å². The topological polar surface area (TPSA) is 162 Å². The van der Waals surface area contributed by atoms with E-state index in [2.05, 4.69) is 42.3 Å². The molecule has 3 heterocycles. The zero-order valence-electron chi connectivity index (χ0n) is 25.6. The SMILES string of the molecule is C=N/C=C\C(C)=NCC1CC1.CNC(=O)CN(C=O)c1cc(C2CC2)cn2cc(CN(C)c3nc(C)nc(NC=O)n3)nc12. The van der Waals surface area contributed by atoms with Gasteiger partial charge in [-0.3, -0.25) is 29.7 Å². The number of rotatable bonds is 14. The second-order valence-corrected chi connectivity index (χ2v) is 10.9. The van der Waals surface area contributed by atoms with Gasteiger partial charge in [-0.25, -0.2) is 4.98 Å². The summed E-state index contributed by atoms with van der Waals surface area (Å²) in [6, 6.07) is 1.94. The second-order valence-electron chi connectivity index (χ2n) is 10.9. The third kappa shape index (κ3) is 8.99. The van der Waals surface area contributed by atoms with Crippen LogP contribution >= 0.6 is 0 Å². The van der Waals surface area contributed by atoms with E-state index in [9.17, 15) is 14.4 Å². The number of hydrogen-bond acceptors (Lipinski definition) is 10. The van der Waals surface area contributed by atoms with E-state index in [0.717, 1.165) is 42.3 Å². The van der Waals surface area contributed by atoms with Crippen molar-refractivity contribution in [2.45, 2.75) is 52.0 Å². The summed E-state index contributed by atoms with van der Waals surface area (Å²) in [6.07, 6.45) is 13.6. The normalized spacial score (nSPS) is 14.5. The molecular formula is C30H39N11O3. The van der Waals surface area contributed by atoms with Crippen LogP contribution in [0, 0.1) is 12.8 Å². The summed E-state index contributed by atoms with van der Waals surface area (Å²) in [6.45, 7) is 8.33. The minimum atomic E-state index is -0.270. The van der Waals surface area contributed by atoms with Gasteiger partial charge in [0.1, 0.15) is 12.4 Å². The maximum absolute atomic E-state index is 11.9. The lowest BCUT2D eigenvalue weighted by Crippen LogP contribution is -2.35. The number of anilines is 3. The highest BCUT2D eigenvalue weighted by atomic mass is 16.2. The number of carbonyl (C=O) groups excluding carboxylic acids is 3. The van der Waals surface area contributed by atoms with Gasteiger partial charge in [-0.05, 0) is 75.8 Å². The van der Waals surface area contributed by atoms with Crippen LogP contribution in [-0.4, -0.2) is 82.7 Å². The number of aryl methyl sites for hydroxylation is 1. The lowest BCUT2D eigenvalue weighted by atomic mass is 10.1. The van der Waals surface area contributed by atoms with Crippen LogP contribution in [0.25, 0.3) is 5.65 Å². The van der Waals surface area contributed by atoms with Crippen molar-refractivity contribution in [3.05, 3.63) is 47.8 Å². The van der Waals surface area contributed by atoms with Gasteiger partial charge in [-0.15, -0.1) is 0 Å². The first-order valence-electron chi connectivity index (χ1n) is 14.5. The third-order valence-corrected chi connectivity index (χ3v) is 7.06. The molecule has 0 atom stereocenters. The Morgan fingerprint density at radius 3 is 2.57 bits per heavy atom. The van der Waals surface area contributed by atoms with Crippen LogP contribution in [0.4, 0.5) is 17.6 Å². The van der Waals surface area contributed by atoms with Crippen LogP contribution in [0.5, 0.6) is 0 Å². The Labute approximate surface area is 256 Å². The quantitative estimate of drug-likeness (QED) is 0.210. The second kappa shape index (κ2) is 14.9. The lowest BCUT2D eigenvalue weighted by molar-refractivity contribution is -0.120. The molecule has 2 N–H and O–H groups in total. The minimum absolute atomic E-state index is 0.0947. The van der Waals surface area contributed by atoms with E-state index < -0.39 is 0 Å². The number of nitrogens with zero attached hydrogens (tertiary/aromatic N) is 9. The van der Waals surface area contributed by atoms with Crippen LogP contribution in [-0.2, 0) is 20.9 Å². The minimum Gasteiger partial charge on any atom is -0.358 e. The van der Waals surface area contributed by atoms with Crippen molar-refractivity contribution in [3.63, 3.8) is 0 Å². The molecule has 0 saturated heterocycles. The van der Waals surface area contributed by atoms with Gasteiger partial charge in [0.25, 0.3) is 0 Å². The Bertz CT molecular complexity index is 1560. The predicted octanol–water partition coefficient (Wildman–Crippen LogP) is 2.69. The number of imidazole rings is 1. The fourth-order valence-corrected chi connectivity index (χ4v) is 4.35. The predicted molar refractivity (Wildman–Crippen MR) is 170 cm³/mol. The zero-order valence-corrected chi connectivity index (χ0v) is 25.6. The number of fused-ring (bicyclic) bond motifs is 1. The number of aliphatic imine (C=N–C) groups is 2. The number of nitrogens with one attached hydrogen (secondary N) is 2. The highest BCUT2D eigenvalue weighted by molar-refractivity contribution is 5.93. The molecule has 0 radical (unpaired) electrons. The van der Waals surface area contributed by atoms with Crippen LogP contribution < -0.4 is 20.4 Å². The third-order valence-electron chi connectivity index (χ3n) is 7.06. The summed E-state index contributed by atoms with van der Waals surface area (Å²) >= 11 is 0. The van der Waals surface area contributed by atoms with E-state index in [1.165, 1.54) is 24.8 Å². The number of pyridine rings is 1. The molecule has 2 saturated carbocycles. The summed E-state index contributed by atoms with van der Waals surface area (Å²) in [5, 5.41) is 4.98. The van der Waals surface area contributed by atoms with Gasteiger partial charge >= 0.3 is 0 Å². The molecule has 3 aromatic rings. The zero-order chi connectivity index (χ0) is 31.6. The number of amides is 3. The van der Waals surface area contributed by atoms with Gasteiger partial charge < -0.3 is 19.5 Å². The van der Waals surface area contributed by atoms with Crippen molar-refractivity contribution in [1.29, 1.82) is 0 Å². The van der Waals surface area contributed by atoms with Crippen molar-refractivity contribution in [3.8, 4) is 0 Å². The van der Waals surface area contributed by atoms with Crippen molar-refractivity contribution >= 4 is 54.4 Å². The lowest BCUT2D eigenvalue weighted by Gasteiger charge is -2.18. The fraction of sp³-hybridized carbons (Fsp3) is 0.433. The number of aromatic nitrogens is 5. The standard InChI is InChI=1S/C21H25N9O3.C9H14N2/c1-13-24-20(23-11-31)27-21(25-13)28(3)8-16-9-29-7-15(14-4-5-14)6-17(19(29)26-16)30(12-32)10-18(33)22-2;1-8(5-6-10-2)11-7-9-3-4-9/h6-7,9,11-12,14H,4-5,8,10H2,1-3H3,(H,22,33)(H,23,24,25,27,31);5-6,9H,2-4,7H2,1H3/b;6-5-,11-8?. The van der Waals surface area contributed by atoms with Gasteiger partial charge in [0.15, 0.2) is 5.65 Å². The number of likely N-dealkylation sites (N-methyl/N-ethyl adjacent to an activating group) is 1. The van der Waals surface area contributed by atoms with Crippen LogP contribution in [0.1, 0.15) is 55.6 Å². The van der Waals surface area contributed by atoms with E-state index in [-0.39, 0.29) is 18.4 Å². The molecule has 5 rings (SSSR count). The molecule has 14 nitrogen and oxygen atoms in total. The van der Waals surface area contributed by atoms with Gasteiger partial charge in [0.2, 0.25) is 30.6 Å². The van der Waals surface area contributed by atoms with Gasteiger partial charge in [0.05, 0.1) is 17.9 Å². The molecule has 232 valence electrons. The summed E-state index contributed by atoms with van der Waals surface area (Å²) in [5.74, 6) is 2.08.